The van der Waals surface area contributed by atoms with E-state index in [1.807, 2.05) is 18.4 Å². The standard InChI is InChI=1S/C19H17N3O2S2/c1-19(2)7-10-11(8-24-19)14(12-5-4-6-23-12)22-17-13(10)15-16(26-17)18(25-3)21-9-20-15/h4-6,9H,7-8H2,1-3H3. The molecule has 0 spiro atoms. The van der Waals surface area contributed by atoms with Gasteiger partial charge in [0.25, 0.3) is 0 Å². The smallest absolute Gasteiger partial charge is 0.152 e. The zero-order valence-corrected chi connectivity index (χ0v) is 16.3. The summed E-state index contributed by atoms with van der Waals surface area (Å²) in [6.07, 6.45) is 6.20. The zero-order valence-electron chi connectivity index (χ0n) is 14.7. The summed E-state index contributed by atoms with van der Waals surface area (Å²) >= 11 is 3.30. The molecule has 5 heterocycles. The monoisotopic (exact) mass is 383 g/mol. The van der Waals surface area contributed by atoms with E-state index < -0.39 is 0 Å². The quantitative estimate of drug-likeness (QED) is 0.356. The number of rotatable bonds is 2. The van der Waals surface area contributed by atoms with Crippen molar-refractivity contribution in [2.75, 3.05) is 6.26 Å². The molecule has 0 aromatic carbocycles. The first-order chi connectivity index (χ1) is 12.6. The van der Waals surface area contributed by atoms with Gasteiger partial charge in [-0.3, -0.25) is 0 Å². The Morgan fingerprint density at radius 3 is 2.88 bits per heavy atom. The average molecular weight is 383 g/mol. The van der Waals surface area contributed by atoms with Crippen LogP contribution in [0.3, 0.4) is 0 Å². The van der Waals surface area contributed by atoms with Gasteiger partial charge in [0.05, 0.1) is 28.7 Å². The van der Waals surface area contributed by atoms with E-state index >= 15 is 0 Å². The Morgan fingerprint density at radius 2 is 2.12 bits per heavy atom. The summed E-state index contributed by atoms with van der Waals surface area (Å²) in [5.74, 6) is 0.778. The van der Waals surface area contributed by atoms with Crippen molar-refractivity contribution in [3.8, 4) is 11.5 Å². The molecule has 0 unspecified atom stereocenters. The van der Waals surface area contributed by atoms with Crippen molar-refractivity contribution in [2.24, 2.45) is 0 Å². The SMILES string of the molecule is CSc1ncnc2c1sc1nc(-c3ccco3)c3c(c12)CC(C)(C)OC3. The van der Waals surface area contributed by atoms with Gasteiger partial charge < -0.3 is 9.15 Å². The topological polar surface area (TPSA) is 61.0 Å². The largest absolute Gasteiger partial charge is 0.463 e. The fourth-order valence-corrected chi connectivity index (χ4v) is 5.40. The van der Waals surface area contributed by atoms with Gasteiger partial charge in [-0.05, 0) is 37.8 Å². The molecular formula is C19H17N3O2S2. The number of hydrogen-bond donors (Lipinski definition) is 0. The summed E-state index contributed by atoms with van der Waals surface area (Å²) in [6.45, 7) is 4.79. The number of thiophene rings is 1. The number of aromatic nitrogens is 3. The Labute approximate surface area is 158 Å². The maximum absolute atomic E-state index is 6.10. The van der Waals surface area contributed by atoms with Crippen LogP contribution in [0.2, 0.25) is 0 Å². The van der Waals surface area contributed by atoms with E-state index in [9.17, 15) is 0 Å². The second kappa shape index (κ2) is 5.77. The van der Waals surface area contributed by atoms with E-state index in [1.54, 1.807) is 35.7 Å². The van der Waals surface area contributed by atoms with Crippen molar-refractivity contribution in [3.05, 3.63) is 35.9 Å². The second-order valence-electron chi connectivity index (χ2n) is 6.96. The van der Waals surface area contributed by atoms with Crippen LogP contribution in [0.25, 0.3) is 31.9 Å². The summed E-state index contributed by atoms with van der Waals surface area (Å²) in [4.78, 5) is 15.0. The molecule has 26 heavy (non-hydrogen) atoms. The third kappa shape index (κ3) is 2.38. The maximum atomic E-state index is 6.10. The number of hydrogen-bond acceptors (Lipinski definition) is 7. The highest BCUT2D eigenvalue weighted by molar-refractivity contribution is 7.98. The lowest BCUT2D eigenvalue weighted by Crippen LogP contribution is -2.32. The van der Waals surface area contributed by atoms with Crippen molar-refractivity contribution in [1.29, 1.82) is 0 Å². The molecule has 5 rings (SSSR count). The predicted molar refractivity (Wildman–Crippen MR) is 105 cm³/mol. The van der Waals surface area contributed by atoms with Crippen LogP contribution in [-0.2, 0) is 17.8 Å². The van der Waals surface area contributed by atoms with E-state index in [0.29, 0.717) is 6.61 Å². The minimum Gasteiger partial charge on any atom is -0.463 e. The molecule has 0 fully saturated rings. The van der Waals surface area contributed by atoms with Gasteiger partial charge in [0.2, 0.25) is 0 Å². The first kappa shape index (κ1) is 16.2. The molecule has 7 heteroatoms. The van der Waals surface area contributed by atoms with Crippen molar-refractivity contribution in [2.45, 2.75) is 37.5 Å². The lowest BCUT2D eigenvalue weighted by Gasteiger charge is -2.32. The number of pyridine rings is 1. The van der Waals surface area contributed by atoms with Crippen LogP contribution in [0.5, 0.6) is 0 Å². The molecule has 0 saturated carbocycles. The predicted octanol–water partition coefficient (Wildman–Crippen LogP) is 5.07. The van der Waals surface area contributed by atoms with Gasteiger partial charge in [0.15, 0.2) is 5.76 Å². The van der Waals surface area contributed by atoms with Gasteiger partial charge in [-0.25, -0.2) is 15.0 Å². The van der Waals surface area contributed by atoms with Crippen molar-refractivity contribution in [3.63, 3.8) is 0 Å². The Bertz CT molecular complexity index is 1130. The lowest BCUT2D eigenvalue weighted by atomic mass is 9.89. The minimum absolute atomic E-state index is 0.217. The van der Waals surface area contributed by atoms with Crippen LogP contribution in [-0.4, -0.2) is 26.8 Å². The van der Waals surface area contributed by atoms with Crippen LogP contribution < -0.4 is 0 Å². The molecule has 0 radical (unpaired) electrons. The number of ether oxygens (including phenoxy) is 1. The van der Waals surface area contributed by atoms with Crippen LogP contribution in [0, 0.1) is 0 Å². The van der Waals surface area contributed by atoms with Gasteiger partial charge in [0, 0.05) is 17.4 Å². The molecule has 0 amide bonds. The van der Waals surface area contributed by atoms with Gasteiger partial charge in [-0.2, -0.15) is 0 Å². The highest BCUT2D eigenvalue weighted by atomic mass is 32.2. The first-order valence-corrected chi connectivity index (χ1v) is 10.4. The summed E-state index contributed by atoms with van der Waals surface area (Å²) < 4.78 is 12.9. The highest BCUT2D eigenvalue weighted by Gasteiger charge is 2.32. The van der Waals surface area contributed by atoms with Crippen LogP contribution in [0.15, 0.2) is 34.2 Å². The number of nitrogens with zero attached hydrogens (tertiary/aromatic N) is 3. The Hall–Kier alpha value is -1.96. The molecule has 0 saturated heterocycles. The van der Waals surface area contributed by atoms with Gasteiger partial charge in [-0.1, -0.05) is 0 Å². The molecule has 5 nitrogen and oxygen atoms in total. The normalized spacial score (nSPS) is 16.3. The molecule has 0 bridgehead atoms. The molecule has 0 N–H and O–H groups in total. The fraction of sp³-hybridized carbons (Fsp3) is 0.316. The number of furan rings is 1. The van der Waals surface area contributed by atoms with E-state index in [1.165, 1.54) is 5.56 Å². The Balaban J connectivity index is 1.91. The fourth-order valence-electron chi connectivity index (χ4n) is 3.55. The Morgan fingerprint density at radius 1 is 1.23 bits per heavy atom. The van der Waals surface area contributed by atoms with E-state index in [0.717, 1.165) is 48.9 Å². The molecule has 1 aliphatic heterocycles. The third-order valence-electron chi connectivity index (χ3n) is 4.74. The lowest BCUT2D eigenvalue weighted by molar-refractivity contribution is -0.0395. The van der Waals surface area contributed by atoms with Crippen LogP contribution >= 0.6 is 23.1 Å². The molecule has 0 aliphatic carbocycles. The van der Waals surface area contributed by atoms with E-state index in [4.69, 9.17) is 14.1 Å². The maximum Gasteiger partial charge on any atom is 0.152 e. The van der Waals surface area contributed by atoms with Gasteiger partial charge >= 0.3 is 0 Å². The Kier molecular flexibility index (Phi) is 3.60. The van der Waals surface area contributed by atoms with Crippen molar-refractivity contribution in [1.82, 2.24) is 15.0 Å². The number of fused-ring (bicyclic) bond motifs is 5. The first-order valence-electron chi connectivity index (χ1n) is 8.38. The van der Waals surface area contributed by atoms with Crippen LogP contribution in [0.1, 0.15) is 25.0 Å². The summed E-state index contributed by atoms with van der Waals surface area (Å²) in [5.41, 5.74) is 4.03. The van der Waals surface area contributed by atoms with Gasteiger partial charge in [-0.15, -0.1) is 23.1 Å². The molecular weight excluding hydrogens is 366 g/mol. The van der Waals surface area contributed by atoms with Crippen molar-refractivity contribution >= 4 is 43.5 Å². The van der Waals surface area contributed by atoms with Gasteiger partial charge in [0.1, 0.15) is 21.9 Å². The summed E-state index contributed by atoms with van der Waals surface area (Å²) in [7, 11) is 0. The number of thioether (sulfide) groups is 1. The van der Waals surface area contributed by atoms with E-state index in [2.05, 4.69) is 23.8 Å². The third-order valence-corrected chi connectivity index (χ3v) is 6.65. The van der Waals surface area contributed by atoms with Crippen LogP contribution in [0.4, 0.5) is 0 Å². The zero-order chi connectivity index (χ0) is 17.9. The molecule has 0 atom stereocenters. The summed E-state index contributed by atoms with van der Waals surface area (Å²) in [6, 6.07) is 3.85. The molecule has 4 aromatic rings. The van der Waals surface area contributed by atoms with Crippen molar-refractivity contribution < 1.29 is 9.15 Å². The molecule has 132 valence electrons. The minimum atomic E-state index is -0.217. The highest BCUT2D eigenvalue weighted by Crippen LogP contribution is 2.44. The average Bonchev–Trinajstić information content (AvgIpc) is 3.27. The van der Waals surface area contributed by atoms with E-state index in [-0.39, 0.29) is 5.60 Å². The molecule has 4 aromatic heterocycles. The second-order valence-corrected chi connectivity index (χ2v) is 8.76. The summed E-state index contributed by atoms with van der Waals surface area (Å²) in [5, 5.41) is 2.14. The molecule has 1 aliphatic rings.